The van der Waals surface area contributed by atoms with Crippen molar-refractivity contribution >= 4 is 17.5 Å². The maximum Gasteiger partial charge on any atom is 0.239 e. The third-order valence-corrected chi connectivity index (χ3v) is 1.11. The lowest BCUT2D eigenvalue weighted by Crippen LogP contribution is -2.22. The average Bonchev–Trinajstić information content (AvgIpc) is 2.04. The molecular formula is C6H9N5O. The maximum atomic E-state index is 10.7. The van der Waals surface area contributed by atoms with Gasteiger partial charge in [-0.25, -0.2) is 4.98 Å². The van der Waals surface area contributed by atoms with E-state index in [4.69, 9.17) is 11.5 Å². The minimum atomic E-state index is -0.324. The molecule has 0 radical (unpaired) electrons. The van der Waals surface area contributed by atoms with Crippen LogP contribution in [0.15, 0.2) is 12.4 Å². The van der Waals surface area contributed by atoms with Gasteiger partial charge in [-0.15, -0.1) is 0 Å². The summed E-state index contributed by atoms with van der Waals surface area (Å²) < 4.78 is 0. The SMILES string of the molecule is NCC(=O)Nc1cncc(N)n1. The number of carbonyl (C=O) groups excluding carboxylic acids is 1. The molecule has 0 aliphatic heterocycles. The number of rotatable bonds is 2. The fourth-order valence-corrected chi connectivity index (χ4v) is 0.635. The molecule has 5 N–H and O–H groups in total. The molecule has 0 aromatic carbocycles. The van der Waals surface area contributed by atoms with E-state index < -0.39 is 0 Å². The quantitative estimate of drug-likeness (QED) is 0.521. The van der Waals surface area contributed by atoms with E-state index in [1.165, 1.54) is 12.4 Å². The zero-order chi connectivity index (χ0) is 8.97. The molecule has 0 fully saturated rings. The summed E-state index contributed by atoms with van der Waals surface area (Å²) in [4.78, 5) is 18.3. The number of amides is 1. The average molecular weight is 167 g/mol. The first-order valence-electron chi connectivity index (χ1n) is 3.30. The number of nitrogen functional groups attached to an aromatic ring is 1. The first-order valence-corrected chi connectivity index (χ1v) is 3.30. The molecule has 1 amide bonds. The molecule has 0 unspecified atom stereocenters. The minimum Gasteiger partial charge on any atom is -0.382 e. The number of hydrogen-bond donors (Lipinski definition) is 3. The lowest BCUT2D eigenvalue weighted by atomic mass is 10.5. The molecule has 0 aliphatic carbocycles. The summed E-state index contributed by atoms with van der Waals surface area (Å²) >= 11 is 0. The van der Waals surface area contributed by atoms with Crippen molar-refractivity contribution in [2.45, 2.75) is 0 Å². The lowest BCUT2D eigenvalue weighted by Gasteiger charge is -2.01. The van der Waals surface area contributed by atoms with Crippen molar-refractivity contribution in [1.82, 2.24) is 9.97 Å². The van der Waals surface area contributed by atoms with Gasteiger partial charge in [0, 0.05) is 0 Å². The van der Waals surface area contributed by atoms with Crippen LogP contribution >= 0.6 is 0 Å². The molecule has 12 heavy (non-hydrogen) atoms. The monoisotopic (exact) mass is 167 g/mol. The molecule has 0 bridgehead atoms. The molecule has 1 heterocycles. The number of aromatic nitrogens is 2. The van der Waals surface area contributed by atoms with E-state index in [9.17, 15) is 4.79 Å². The number of nitrogens with one attached hydrogen (secondary N) is 1. The van der Waals surface area contributed by atoms with Gasteiger partial charge in [-0.3, -0.25) is 9.78 Å². The van der Waals surface area contributed by atoms with E-state index in [0.29, 0.717) is 5.82 Å². The van der Waals surface area contributed by atoms with E-state index in [2.05, 4.69) is 15.3 Å². The molecule has 0 aliphatic rings. The fraction of sp³-hybridized carbons (Fsp3) is 0.167. The highest BCUT2D eigenvalue weighted by molar-refractivity contribution is 5.91. The van der Waals surface area contributed by atoms with Gasteiger partial charge in [0.25, 0.3) is 0 Å². The summed E-state index contributed by atoms with van der Waals surface area (Å²) in [7, 11) is 0. The van der Waals surface area contributed by atoms with Crippen molar-refractivity contribution in [2.75, 3.05) is 17.6 Å². The Morgan fingerprint density at radius 1 is 1.58 bits per heavy atom. The standard InChI is InChI=1S/C6H9N5O/c7-1-6(12)11-5-3-9-2-4(8)10-5/h2-3H,1,7H2,(H3,8,10,11,12). The summed E-state index contributed by atoms with van der Waals surface area (Å²) in [5.41, 5.74) is 10.4. The topological polar surface area (TPSA) is 107 Å². The van der Waals surface area contributed by atoms with Crippen LogP contribution in [0.2, 0.25) is 0 Å². The molecule has 0 saturated carbocycles. The Morgan fingerprint density at radius 2 is 2.33 bits per heavy atom. The zero-order valence-corrected chi connectivity index (χ0v) is 6.32. The molecule has 64 valence electrons. The third kappa shape index (κ3) is 2.17. The lowest BCUT2D eigenvalue weighted by molar-refractivity contribution is -0.114. The van der Waals surface area contributed by atoms with Gasteiger partial charge in [-0.1, -0.05) is 0 Å². The van der Waals surface area contributed by atoms with E-state index in [1.54, 1.807) is 0 Å². The van der Waals surface area contributed by atoms with Crippen molar-refractivity contribution in [3.63, 3.8) is 0 Å². The van der Waals surface area contributed by atoms with Crippen LogP contribution < -0.4 is 16.8 Å². The third-order valence-electron chi connectivity index (χ3n) is 1.11. The molecule has 6 nitrogen and oxygen atoms in total. The first-order chi connectivity index (χ1) is 5.72. The Balaban J connectivity index is 2.69. The van der Waals surface area contributed by atoms with Crippen LogP contribution in [0.25, 0.3) is 0 Å². The van der Waals surface area contributed by atoms with Gasteiger partial charge >= 0.3 is 0 Å². The Kier molecular flexibility index (Phi) is 2.54. The normalized spacial score (nSPS) is 9.42. The number of hydrogen-bond acceptors (Lipinski definition) is 5. The highest BCUT2D eigenvalue weighted by atomic mass is 16.1. The second kappa shape index (κ2) is 3.63. The molecular weight excluding hydrogens is 158 g/mol. The molecule has 0 saturated heterocycles. The molecule has 1 rings (SSSR count). The summed E-state index contributed by atoms with van der Waals surface area (Å²) in [6.07, 6.45) is 2.78. The largest absolute Gasteiger partial charge is 0.382 e. The van der Waals surface area contributed by atoms with E-state index in [0.717, 1.165) is 0 Å². The summed E-state index contributed by atoms with van der Waals surface area (Å²) in [5.74, 6) is 0.241. The number of anilines is 2. The minimum absolute atomic E-state index is 0.0868. The highest BCUT2D eigenvalue weighted by Gasteiger charge is 1.99. The number of nitrogens with two attached hydrogens (primary N) is 2. The van der Waals surface area contributed by atoms with Gasteiger partial charge in [-0.2, -0.15) is 0 Å². The van der Waals surface area contributed by atoms with Crippen LogP contribution in [0.1, 0.15) is 0 Å². The van der Waals surface area contributed by atoms with Gasteiger partial charge in [-0.05, 0) is 0 Å². The van der Waals surface area contributed by atoms with E-state index >= 15 is 0 Å². The molecule has 1 aromatic heterocycles. The maximum absolute atomic E-state index is 10.7. The smallest absolute Gasteiger partial charge is 0.239 e. The molecule has 0 atom stereocenters. The van der Waals surface area contributed by atoms with Crippen LogP contribution in [0, 0.1) is 0 Å². The predicted molar refractivity (Wildman–Crippen MR) is 44.1 cm³/mol. The molecule has 1 aromatic rings. The highest BCUT2D eigenvalue weighted by Crippen LogP contribution is 2.01. The Morgan fingerprint density at radius 3 is 2.92 bits per heavy atom. The van der Waals surface area contributed by atoms with Crippen LogP contribution in [0.5, 0.6) is 0 Å². The Labute approximate surface area is 69.0 Å². The van der Waals surface area contributed by atoms with Crippen LogP contribution in [0.4, 0.5) is 11.6 Å². The zero-order valence-electron chi connectivity index (χ0n) is 6.32. The van der Waals surface area contributed by atoms with Crippen LogP contribution in [-0.2, 0) is 4.79 Å². The fourth-order valence-electron chi connectivity index (χ4n) is 0.635. The summed E-state index contributed by atoms with van der Waals surface area (Å²) in [6, 6.07) is 0. The molecule has 0 spiro atoms. The van der Waals surface area contributed by atoms with Crippen molar-refractivity contribution in [1.29, 1.82) is 0 Å². The van der Waals surface area contributed by atoms with Gasteiger partial charge in [0.1, 0.15) is 5.82 Å². The van der Waals surface area contributed by atoms with Crippen molar-refractivity contribution in [2.24, 2.45) is 5.73 Å². The second-order valence-electron chi connectivity index (χ2n) is 2.08. The summed E-state index contributed by atoms with van der Waals surface area (Å²) in [5, 5.41) is 2.41. The number of carbonyl (C=O) groups is 1. The van der Waals surface area contributed by atoms with Gasteiger partial charge < -0.3 is 16.8 Å². The summed E-state index contributed by atoms with van der Waals surface area (Å²) in [6.45, 7) is -0.0868. The van der Waals surface area contributed by atoms with Crippen LogP contribution in [0.3, 0.4) is 0 Å². The van der Waals surface area contributed by atoms with E-state index in [1.807, 2.05) is 0 Å². The Hall–Kier alpha value is -1.69. The van der Waals surface area contributed by atoms with E-state index in [-0.39, 0.29) is 18.3 Å². The Bertz CT molecular complexity index is 287. The van der Waals surface area contributed by atoms with Crippen molar-refractivity contribution in [3.8, 4) is 0 Å². The van der Waals surface area contributed by atoms with Gasteiger partial charge in [0.15, 0.2) is 5.82 Å². The van der Waals surface area contributed by atoms with Gasteiger partial charge in [0.2, 0.25) is 5.91 Å². The number of nitrogens with zero attached hydrogens (tertiary/aromatic N) is 2. The second-order valence-corrected chi connectivity index (χ2v) is 2.08. The van der Waals surface area contributed by atoms with Crippen molar-refractivity contribution in [3.05, 3.63) is 12.4 Å². The van der Waals surface area contributed by atoms with Gasteiger partial charge in [0.05, 0.1) is 18.9 Å². The van der Waals surface area contributed by atoms with Crippen molar-refractivity contribution < 1.29 is 4.79 Å². The first kappa shape index (κ1) is 8.41. The molecule has 6 heteroatoms. The van der Waals surface area contributed by atoms with Crippen LogP contribution in [-0.4, -0.2) is 22.4 Å². The predicted octanol–water partition coefficient (Wildman–Crippen LogP) is -1.04.